The molecule has 0 unspecified atom stereocenters. The van der Waals surface area contributed by atoms with E-state index in [1.54, 1.807) is 0 Å². The number of hydrogen-bond acceptors (Lipinski definition) is 4. The molecule has 43 heavy (non-hydrogen) atoms. The summed E-state index contributed by atoms with van der Waals surface area (Å²) in [6.45, 7) is 6.34. The molecule has 3 heterocycles. The number of nitrogens with zero attached hydrogens (tertiary/aromatic N) is 3. The number of aromatic nitrogens is 2. The second kappa shape index (κ2) is 12.1. The molecule has 1 fully saturated rings. The minimum atomic E-state index is -0.230. The van der Waals surface area contributed by atoms with Gasteiger partial charge in [-0.2, -0.15) is 0 Å². The van der Waals surface area contributed by atoms with Gasteiger partial charge < -0.3 is 24.8 Å². The minimum absolute atomic E-state index is 0.0731. The van der Waals surface area contributed by atoms with Gasteiger partial charge >= 0.3 is 0 Å². The van der Waals surface area contributed by atoms with Crippen molar-refractivity contribution in [1.82, 2.24) is 14.9 Å². The topological polar surface area (TPSA) is 71.4 Å². The maximum Gasteiger partial charge on any atom is 0.262 e. The molecular formula is C35H33N5O2S. The minimum Gasteiger partial charge on any atom is -0.484 e. The van der Waals surface area contributed by atoms with E-state index in [4.69, 9.17) is 21.9 Å². The molecule has 2 atom stereocenters. The summed E-state index contributed by atoms with van der Waals surface area (Å²) in [5.41, 5.74) is 8.31. The quantitative estimate of drug-likeness (QED) is 0.191. The van der Waals surface area contributed by atoms with Gasteiger partial charge in [-0.3, -0.25) is 9.78 Å². The van der Waals surface area contributed by atoms with Crippen LogP contribution in [0.15, 0.2) is 109 Å². The molecule has 8 heteroatoms. The summed E-state index contributed by atoms with van der Waals surface area (Å²) in [4.78, 5) is 19.4. The first-order valence-electron chi connectivity index (χ1n) is 14.2. The summed E-state index contributed by atoms with van der Waals surface area (Å²) in [6.07, 6.45) is 1.81. The molecule has 7 nitrogen and oxygen atoms in total. The molecule has 2 aromatic heterocycles. The lowest BCUT2D eigenvalue weighted by molar-refractivity contribution is -0.118. The van der Waals surface area contributed by atoms with Crippen molar-refractivity contribution in [3.63, 3.8) is 0 Å². The van der Waals surface area contributed by atoms with Crippen molar-refractivity contribution >= 4 is 34.6 Å². The van der Waals surface area contributed by atoms with Gasteiger partial charge in [-0.1, -0.05) is 36.4 Å². The molecule has 2 N–H and O–H groups in total. The number of ether oxygens (including phenoxy) is 1. The third-order valence-electron chi connectivity index (χ3n) is 7.69. The Kier molecular flexibility index (Phi) is 7.94. The predicted molar refractivity (Wildman–Crippen MR) is 175 cm³/mol. The summed E-state index contributed by atoms with van der Waals surface area (Å²) >= 11 is 5.95. The van der Waals surface area contributed by atoms with E-state index in [-0.39, 0.29) is 24.6 Å². The summed E-state index contributed by atoms with van der Waals surface area (Å²) in [5, 5.41) is 7.09. The first-order valence-corrected chi connectivity index (χ1v) is 14.6. The summed E-state index contributed by atoms with van der Waals surface area (Å²) in [6, 6.07) is 33.5. The molecule has 3 aromatic carbocycles. The standard InChI is InChI=1S/C35H33N5O2S/c1-23-10-9-11-28(20-23)39-24(2)21-30(25(39)3)34-33(31-14-7-8-19-36-31)38-35(43)40(34)27-17-15-26(16-18-27)37-32(41)22-42-29-12-5-4-6-13-29/h4-21,33-34H,22H2,1-3H3,(H,37,41)(H,38,43)/t33-,34-/m1/s1. The lowest BCUT2D eigenvalue weighted by Crippen LogP contribution is -2.29. The number of hydrogen-bond donors (Lipinski definition) is 2. The highest BCUT2D eigenvalue weighted by atomic mass is 32.1. The molecule has 0 radical (unpaired) electrons. The Balaban J connectivity index is 1.31. The van der Waals surface area contributed by atoms with Gasteiger partial charge in [0.2, 0.25) is 0 Å². The van der Waals surface area contributed by atoms with Crippen molar-refractivity contribution in [2.45, 2.75) is 32.9 Å². The van der Waals surface area contributed by atoms with Gasteiger partial charge in [0.1, 0.15) is 5.75 Å². The van der Waals surface area contributed by atoms with Crippen LogP contribution < -0.4 is 20.3 Å². The number of rotatable bonds is 8. The van der Waals surface area contributed by atoms with Crippen molar-refractivity contribution in [2.75, 3.05) is 16.8 Å². The molecule has 0 saturated carbocycles. The molecule has 0 bridgehead atoms. The van der Waals surface area contributed by atoms with Crippen molar-refractivity contribution in [1.29, 1.82) is 0 Å². The fraction of sp³-hybridized carbons (Fsp3) is 0.171. The maximum absolute atomic E-state index is 12.5. The predicted octanol–water partition coefficient (Wildman–Crippen LogP) is 6.99. The van der Waals surface area contributed by atoms with Crippen LogP contribution in [-0.4, -0.2) is 27.2 Å². The van der Waals surface area contributed by atoms with Gasteiger partial charge in [-0.25, -0.2) is 0 Å². The molecule has 0 aliphatic carbocycles. The van der Waals surface area contributed by atoms with Crippen molar-refractivity contribution < 1.29 is 9.53 Å². The van der Waals surface area contributed by atoms with Gasteiger partial charge in [-0.05, 0) is 111 Å². The summed E-state index contributed by atoms with van der Waals surface area (Å²) < 4.78 is 7.88. The Morgan fingerprint density at radius 1 is 0.907 bits per heavy atom. The van der Waals surface area contributed by atoms with Crippen LogP contribution in [0.5, 0.6) is 5.75 Å². The zero-order valence-electron chi connectivity index (χ0n) is 24.3. The highest BCUT2D eigenvalue weighted by Crippen LogP contribution is 2.44. The molecule has 1 aliphatic heterocycles. The van der Waals surface area contributed by atoms with E-state index in [9.17, 15) is 4.79 Å². The highest BCUT2D eigenvalue weighted by Gasteiger charge is 2.42. The lowest BCUT2D eigenvalue weighted by atomic mass is 9.96. The number of amides is 1. The van der Waals surface area contributed by atoms with Crippen LogP contribution in [0.3, 0.4) is 0 Å². The van der Waals surface area contributed by atoms with Crippen LogP contribution >= 0.6 is 12.2 Å². The fourth-order valence-electron chi connectivity index (χ4n) is 5.77. The SMILES string of the molecule is Cc1cccc(-n2c(C)cc([C@@H]3[C@@H](c4ccccn4)NC(=S)N3c3ccc(NC(=O)COc4ccccc4)cc3)c2C)c1. The van der Waals surface area contributed by atoms with Crippen LogP contribution in [0.4, 0.5) is 11.4 Å². The number of benzene rings is 3. The van der Waals surface area contributed by atoms with Gasteiger partial charge in [0.25, 0.3) is 5.91 Å². The van der Waals surface area contributed by atoms with Crippen molar-refractivity contribution in [3.05, 3.63) is 138 Å². The second-order valence-corrected chi connectivity index (χ2v) is 11.1. The first-order chi connectivity index (χ1) is 20.9. The maximum atomic E-state index is 12.5. The van der Waals surface area contributed by atoms with E-state index < -0.39 is 0 Å². The van der Waals surface area contributed by atoms with Gasteiger partial charge in [0.05, 0.1) is 17.8 Å². The number of pyridine rings is 1. The lowest BCUT2D eigenvalue weighted by Gasteiger charge is -2.28. The zero-order chi connectivity index (χ0) is 29.9. The molecule has 6 rings (SSSR count). The Hall–Kier alpha value is -4.95. The molecule has 0 spiro atoms. The van der Waals surface area contributed by atoms with Gasteiger partial charge in [0, 0.05) is 34.6 Å². The number of aryl methyl sites for hydroxylation is 2. The number of anilines is 2. The molecule has 1 saturated heterocycles. The van der Waals surface area contributed by atoms with E-state index in [0.717, 1.165) is 34.0 Å². The van der Waals surface area contributed by atoms with Crippen LogP contribution in [-0.2, 0) is 4.79 Å². The average molecular weight is 588 g/mol. The average Bonchev–Trinajstić information content (AvgIpc) is 3.52. The van der Waals surface area contributed by atoms with Gasteiger partial charge in [0.15, 0.2) is 11.7 Å². The number of carbonyl (C=O) groups excluding carboxylic acids is 1. The molecule has 5 aromatic rings. The highest BCUT2D eigenvalue weighted by molar-refractivity contribution is 7.80. The molecular weight excluding hydrogens is 554 g/mol. The van der Waals surface area contributed by atoms with E-state index in [1.807, 2.05) is 79.0 Å². The second-order valence-electron chi connectivity index (χ2n) is 10.7. The number of nitrogens with one attached hydrogen (secondary N) is 2. The normalized spacial score (nSPS) is 16.2. The zero-order valence-corrected chi connectivity index (χ0v) is 25.1. The van der Waals surface area contributed by atoms with Crippen LogP contribution in [0.2, 0.25) is 0 Å². The Morgan fingerprint density at radius 2 is 1.67 bits per heavy atom. The van der Waals surface area contributed by atoms with Crippen LogP contribution in [0, 0.1) is 20.8 Å². The van der Waals surface area contributed by atoms with Crippen molar-refractivity contribution in [2.24, 2.45) is 0 Å². The Bertz CT molecular complexity index is 1750. The fourth-order valence-corrected chi connectivity index (χ4v) is 6.11. The summed E-state index contributed by atoms with van der Waals surface area (Å²) in [7, 11) is 0. The molecule has 1 aliphatic rings. The summed E-state index contributed by atoms with van der Waals surface area (Å²) in [5.74, 6) is 0.421. The van der Waals surface area contributed by atoms with E-state index in [1.165, 1.54) is 5.56 Å². The first kappa shape index (κ1) is 28.2. The largest absolute Gasteiger partial charge is 0.484 e. The monoisotopic (exact) mass is 587 g/mol. The smallest absolute Gasteiger partial charge is 0.262 e. The third-order valence-corrected chi connectivity index (χ3v) is 8.00. The van der Waals surface area contributed by atoms with Crippen molar-refractivity contribution in [3.8, 4) is 11.4 Å². The number of para-hydroxylation sites is 1. The number of thiocarbonyl (C=S) groups is 1. The molecule has 216 valence electrons. The van der Waals surface area contributed by atoms with E-state index in [0.29, 0.717) is 16.5 Å². The van der Waals surface area contributed by atoms with E-state index >= 15 is 0 Å². The number of carbonyl (C=O) groups is 1. The Morgan fingerprint density at radius 3 is 2.40 bits per heavy atom. The van der Waals surface area contributed by atoms with Crippen LogP contribution in [0.25, 0.3) is 5.69 Å². The third kappa shape index (κ3) is 5.87. The Labute approximate surface area is 257 Å². The van der Waals surface area contributed by atoms with E-state index in [2.05, 4.69) is 71.2 Å². The van der Waals surface area contributed by atoms with Crippen LogP contribution in [0.1, 0.15) is 40.3 Å². The van der Waals surface area contributed by atoms with Gasteiger partial charge in [-0.15, -0.1) is 0 Å². The molecule has 1 amide bonds.